The lowest BCUT2D eigenvalue weighted by Gasteiger charge is -2.18. The van der Waals surface area contributed by atoms with E-state index in [1.807, 2.05) is 18.2 Å². The third kappa shape index (κ3) is 5.43. The lowest BCUT2D eigenvalue weighted by Crippen LogP contribution is -2.18. The standard InChI is InChI=1S/C23H27ClO3/c1-16-13-23(25)27-22(16)15-19-9-12-21(26-2)14-18(19)6-4-3-5-17-7-10-20(24)11-8-17/h7-14,16,22,25H,3-6,15H2,1-2H3. The quantitative estimate of drug-likeness (QED) is 0.575. The van der Waals surface area contributed by atoms with Crippen LogP contribution >= 0.6 is 11.6 Å². The summed E-state index contributed by atoms with van der Waals surface area (Å²) < 4.78 is 11.0. The first-order valence-corrected chi connectivity index (χ1v) is 9.90. The van der Waals surface area contributed by atoms with Crippen molar-refractivity contribution in [1.29, 1.82) is 0 Å². The van der Waals surface area contributed by atoms with Crippen LogP contribution < -0.4 is 4.74 Å². The van der Waals surface area contributed by atoms with Gasteiger partial charge < -0.3 is 14.6 Å². The molecule has 27 heavy (non-hydrogen) atoms. The number of ether oxygens (including phenoxy) is 2. The van der Waals surface area contributed by atoms with E-state index >= 15 is 0 Å². The molecule has 0 amide bonds. The number of rotatable bonds is 8. The van der Waals surface area contributed by atoms with Gasteiger partial charge in [-0.1, -0.05) is 36.7 Å². The summed E-state index contributed by atoms with van der Waals surface area (Å²) in [6, 6.07) is 14.3. The minimum Gasteiger partial charge on any atom is -0.497 e. The molecule has 0 bridgehead atoms. The van der Waals surface area contributed by atoms with Crippen molar-refractivity contribution in [3.05, 3.63) is 76.2 Å². The summed E-state index contributed by atoms with van der Waals surface area (Å²) in [7, 11) is 1.70. The van der Waals surface area contributed by atoms with Gasteiger partial charge in [0.2, 0.25) is 0 Å². The number of aliphatic hydroxyl groups excluding tert-OH is 1. The second-order valence-corrected chi connectivity index (χ2v) is 7.63. The Hall–Kier alpha value is -2.13. The maximum Gasteiger partial charge on any atom is 0.273 e. The Morgan fingerprint density at radius 3 is 2.44 bits per heavy atom. The van der Waals surface area contributed by atoms with Crippen molar-refractivity contribution in [1.82, 2.24) is 0 Å². The van der Waals surface area contributed by atoms with E-state index in [0.29, 0.717) is 0 Å². The molecular formula is C23H27ClO3. The number of aliphatic hydroxyl groups is 1. The van der Waals surface area contributed by atoms with Gasteiger partial charge in [0.05, 0.1) is 7.11 Å². The molecule has 0 radical (unpaired) electrons. The minimum absolute atomic E-state index is 0.00814. The van der Waals surface area contributed by atoms with Crippen molar-refractivity contribution in [2.75, 3.05) is 7.11 Å². The van der Waals surface area contributed by atoms with Crippen molar-refractivity contribution >= 4 is 11.6 Å². The Morgan fingerprint density at radius 2 is 1.78 bits per heavy atom. The monoisotopic (exact) mass is 386 g/mol. The summed E-state index contributed by atoms with van der Waals surface area (Å²) in [6.07, 6.45) is 6.84. The fourth-order valence-electron chi connectivity index (χ4n) is 3.53. The van der Waals surface area contributed by atoms with E-state index in [1.165, 1.54) is 16.7 Å². The van der Waals surface area contributed by atoms with Gasteiger partial charge in [-0.3, -0.25) is 0 Å². The highest BCUT2D eigenvalue weighted by Gasteiger charge is 2.26. The molecule has 144 valence electrons. The molecule has 0 fully saturated rings. The predicted octanol–water partition coefficient (Wildman–Crippen LogP) is 5.89. The number of benzene rings is 2. The highest BCUT2D eigenvalue weighted by Crippen LogP contribution is 2.28. The first kappa shape index (κ1) is 19.6. The molecule has 0 aliphatic carbocycles. The molecular weight excluding hydrogens is 360 g/mol. The predicted molar refractivity (Wildman–Crippen MR) is 110 cm³/mol. The molecule has 2 atom stereocenters. The van der Waals surface area contributed by atoms with Crippen LogP contribution in [-0.2, 0) is 24.0 Å². The fourth-order valence-corrected chi connectivity index (χ4v) is 3.66. The van der Waals surface area contributed by atoms with Gasteiger partial charge in [-0.05, 0) is 66.6 Å². The summed E-state index contributed by atoms with van der Waals surface area (Å²) in [5.41, 5.74) is 3.88. The lowest BCUT2D eigenvalue weighted by molar-refractivity contribution is 0.0442. The molecule has 1 aliphatic rings. The van der Waals surface area contributed by atoms with E-state index in [-0.39, 0.29) is 18.0 Å². The number of hydrogen-bond acceptors (Lipinski definition) is 3. The second kappa shape index (κ2) is 9.18. The maximum atomic E-state index is 9.61. The molecule has 2 aromatic rings. The number of unbranched alkanes of at least 4 members (excludes halogenated alkanes) is 1. The SMILES string of the molecule is COc1ccc(CC2OC(O)=CC2C)c(CCCCc2ccc(Cl)cc2)c1. The smallest absolute Gasteiger partial charge is 0.273 e. The summed E-state index contributed by atoms with van der Waals surface area (Å²) in [4.78, 5) is 0. The number of aryl methyl sites for hydroxylation is 2. The molecule has 2 aromatic carbocycles. The van der Waals surface area contributed by atoms with Gasteiger partial charge in [0, 0.05) is 23.4 Å². The molecule has 0 saturated carbocycles. The van der Waals surface area contributed by atoms with E-state index in [9.17, 15) is 5.11 Å². The molecule has 0 spiro atoms. The van der Waals surface area contributed by atoms with Crippen molar-refractivity contribution in [3.63, 3.8) is 0 Å². The van der Waals surface area contributed by atoms with Crippen molar-refractivity contribution < 1.29 is 14.6 Å². The zero-order chi connectivity index (χ0) is 19.2. The molecule has 3 nitrogen and oxygen atoms in total. The second-order valence-electron chi connectivity index (χ2n) is 7.19. The zero-order valence-electron chi connectivity index (χ0n) is 16.0. The average molecular weight is 387 g/mol. The highest BCUT2D eigenvalue weighted by molar-refractivity contribution is 6.30. The molecule has 1 N–H and O–H groups in total. The lowest BCUT2D eigenvalue weighted by atomic mass is 9.93. The summed E-state index contributed by atoms with van der Waals surface area (Å²) in [5, 5.41) is 10.4. The van der Waals surface area contributed by atoms with Gasteiger partial charge in [-0.2, -0.15) is 0 Å². The summed E-state index contributed by atoms with van der Waals surface area (Å²) >= 11 is 5.95. The van der Waals surface area contributed by atoms with E-state index in [4.69, 9.17) is 21.1 Å². The Bertz CT molecular complexity index is 783. The third-order valence-electron chi connectivity index (χ3n) is 5.17. The molecule has 0 aromatic heterocycles. The van der Waals surface area contributed by atoms with Gasteiger partial charge in [-0.15, -0.1) is 0 Å². The number of halogens is 1. The van der Waals surface area contributed by atoms with Gasteiger partial charge in [0.1, 0.15) is 11.9 Å². The molecule has 2 unspecified atom stereocenters. The van der Waals surface area contributed by atoms with Crippen molar-refractivity contribution in [3.8, 4) is 5.75 Å². The van der Waals surface area contributed by atoms with Crippen molar-refractivity contribution in [2.24, 2.45) is 5.92 Å². The average Bonchev–Trinajstić information content (AvgIpc) is 2.98. The third-order valence-corrected chi connectivity index (χ3v) is 5.43. The number of methoxy groups -OCH3 is 1. The van der Waals surface area contributed by atoms with Crippen LogP contribution in [0.1, 0.15) is 36.5 Å². The molecule has 0 saturated heterocycles. The molecule has 3 rings (SSSR count). The van der Waals surface area contributed by atoms with Gasteiger partial charge in [-0.25, -0.2) is 0 Å². The van der Waals surface area contributed by atoms with Gasteiger partial charge in [0.15, 0.2) is 0 Å². The Morgan fingerprint density at radius 1 is 1.04 bits per heavy atom. The maximum absolute atomic E-state index is 9.61. The zero-order valence-corrected chi connectivity index (χ0v) is 16.7. The van der Waals surface area contributed by atoms with E-state index in [1.54, 1.807) is 13.2 Å². The van der Waals surface area contributed by atoms with Crippen LogP contribution in [0.2, 0.25) is 5.02 Å². The van der Waals surface area contributed by atoms with E-state index < -0.39 is 0 Å². The van der Waals surface area contributed by atoms with Crippen LogP contribution in [0, 0.1) is 5.92 Å². The first-order valence-electron chi connectivity index (χ1n) is 9.53. The highest BCUT2D eigenvalue weighted by atomic mass is 35.5. The van der Waals surface area contributed by atoms with Crippen molar-refractivity contribution in [2.45, 2.75) is 45.1 Å². The minimum atomic E-state index is -0.00814. The molecule has 1 aliphatic heterocycles. The molecule has 1 heterocycles. The topological polar surface area (TPSA) is 38.7 Å². The van der Waals surface area contributed by atoms with Crippen LogP contribution in [0.15, 0.2) is 54.5 Å². The Balaban J connectivity index is 1.60. The fraction of sp³-hybridized carbons (Fsp3) is 0.391. The Kier molecular flexibility index (Phi) is 6.68. The Labute approximate surface area is 166 Å². The van der Waals surface area contributed by atoms with Crippen LogP contribution in [0.4, 0.5) is 0 Å². The summed E-state index contributed by atoms with van der Waals surface area (Å²) in [5.74, 6) is 1.14. The molecule has 4 heteroatoms. The van der Waals surface area contributed by atoms with Crippen LogP contribution in [0.3, 0.4) is 0 Å². The first-order chi connectivity index (χ1) is 13.0. The van der Waals surface area contributed by atoms with E-state index in [2.05, 4.69) is 31.2 Å². The van der Waals surface area contributed by atoms with Gasteiger partial charge in [0.25, 0.3) is 5.95 Å². The van der Waals surface area contributed by atoms with Crippen LogP contribution in [0.25, 0.3) is 0 Å². The van der Waals surface area contributed by atoms with Crippen LogP contribution in [-0.4, -0.2) is 18.3 Å². The largest absolute Gasteiger partial charge is 0.497 e. The number of hydrogen-bond donors (Lipinski definition) is 1. The summed E-state index contributed by atoms with van der Waals surface area (Å²) in [6.45, 7) is 2.07. The van der Waals surface area contributed by atoms with Gasteiger partial charge >= 0.3 is 0 Å². The van der Waals surface area contributed by atoms with E-state index in [0.717, 1.165) is 42.9 Å². The normalized spacial score (nSPS) is 18.9. The van der Waals surface area contributed by atoms with Crippen LogP contribution in [0.5, 0.6) is 5.75 Å².